The maximum atomic E-state index is 7.91. The Balaban J connectivity index is 2.36. The highest BCUT2D eigenvalue weighted by atomic mass is 16.5. The highest BCUT2D eigenvalue weighted by molar-refractivity contribution is 4.90. The Hall–Kier alpha value is -0.120. The fourth-order valence-corrected chi connectivity index (χ4v) is 1.09. The molecule has 2 heterocycles. The van der Waals surface area contributed by atoms with Crippen LogP contribution in [0.3, 0.4) is 0 Å². The van der Waals surface area contributed by atoms with Crippen molar-refractivity contribution < 1.29 is 15.7 Å². The number of nitrogens with one attached hydrogen (secondary N) is 2. The lowest BCUT2D eigenvalue weighted by atomic mass is 9.91. The molecule has 3 nitrogen and oxygen atoms in total. The molecular weight excluding hydrogens is 140 g/mol. The molecule has 0 aliphatic carbocycles. The van der Waals surface area contributed by atoms with Crippen LogP contribution < -0.4 is 10.6 Å². The zero-order valence-corrected chi connectivity index (χ0v) is 6.03. The van der Waals surface area contributed by atoms with Gasteiger partial charge in [0.1, 0.15) is 0 Å². The van der Waals surface area contributed by atoms with E-state index < -0.39 is 51.0 Å². The zero-order valence-electron chi connectivity index (χ0n) is 14.0. The molecular formula is C8H16N2O. The molecule has 3 heteroatoms. The molecule has 64 valence electrons. The van der Waals surface area contributed by atoms with Gasteiger partial charge in [0, 0.05) is 24.0 Å². The minimum atomic E-state index is -2.38. The van der Waals surface area contributed by atoms with Crippen LogP contribution in [0.4, 0.5) is 0 Å². The Bertz CT molecular complexity index is 369. The van der Waals surface area contributed by atoms with Crippen LogP contribution in [0.1, 0.15) is 23.8 Å². The maximum absolute atomic E-state index is 7.91. The van der Waals surface area contributed by atoms with Crippen LogP contribution in [0.5, 0.6) is 0 Å². The summed E-state index contributed by atoms with van der Waals surface area (Å²) in [6, 6.07) is 0. The average Bonchev–Trinajstić information content (AvgIpc) is 2.05. The SMILES string of the molecule is [2H]C1([2H])CC2(CC([2H])([2H])N1)OCC([2H])([2H])NC2([2H])[2H]. The van der Waals surface area contributed by atoms with E-state index in [4.69, 9.17) is 15.7 Å². The second kappa shape index (κ2) is 3.09. The second-order valence-electron chi connectivity index (χ2n) is 2.54. The summed E-state index contributed by atoms with van der Waals surface area (Å²) in [5.41, 5.74) is -1.75. The highest BCUT2D eigenvalue weighted by Gasteiger charge is 2.34. The van der Waals surface area contributed by atoms with E-state index in [0.29, 0.717) is 0 Å². The number of rotatable bonds is 0. The van der Waals surface area contributed by atoms with Crippen LogP contribution in [-0.2, 0) is 4.74 Å². The molecule has 0 aromatic rings. The second-order valence-corrected chi connectivity index (χ2v) is 2.54. The van der Waals surface area contributed by atoms with Gasteiger partial charge in [-0.1, -0.05) is 0 Å². The van der Waals surface area contributed by atoms with Gasteiger partial charge < -0.3 is 15.4 Å². The fourth-order valence-electron chi connectivity index (χ4n) is 1.09. The van der Waals surface area contributed by atoms with Crippen LogP contribution in [0.2, 0.25) is 0 Å². The smallest absolute Gasteiger partial charge is 0.0831 e. The molecule has 11 heavy (non-hydrogen) atoms. The summed E-state index contributed by atoms with van der Waals surface area (Å²) >= 11 is 0. The van der Waals surface area contributed by atoms with Gasteiger partial charge in [0.05, 0.1) is 12.2 Å². The first-order valence-electron chi connectivity index (χ1n) is 7.51. The van der Waals surface area contributed by atoms with Crippen molar-refractivity contribution in [2.45, 2.75) is 18.4 Å². The molecule has 2 rings (SSSR count). The summed E-state index contributed by atoms with van der Waals surface area (Å²) in [7, 11) is 0. The van der Waals surface area contributed by atoms with Crippen molar-refractivity contribution in [1.82, 2.24) is 10.6 Å². The van der Waals surface area contributed by atoms with Crippen molar-refractivity contribution in [3.8, 4) is 0 Å². The number of ether oxygens (including phenoxy) is 1. The first-order valence-corrected chi connectivity index (χ1v) is 3.51. The van der Waals surface area contributed by atoms with E-state index in [-0.39, 0.29) is 0 Å². The van der Waals surface area contributed by atoms with E-state index in [1.54, 1.807) is 0 Å². The molecule has 0 unspecified atom stereocenters. The molecule has 0 radical (unpaired) electrons. The molecule has 2 aliphatic heterocycles. The van der Waals surface area contributed by atoms with Gasteiger partial charge in [-0.05, 0) is 25.8 Å². The van der Waals surface area contributed by atoms with Gasteiger partial charge in [-0.15, -0.1) is 0 Å². The largest absolute Gasteiger partial charge is 0.372 e. The van der Waals surface area contributed by atoms with Crippen molar-refractivity contribution >= 4 is 0 Å². The van der Waals surface area contributed by atoms with Crippen molar-refractivity contribution in [2.24, 2.45) is 0 Å². The summed E-state index contributed by atoms with van der Waals surface area (Å²) in [6.07, 6.45) is -0.814. The number of hydrogen-bond acceptors (Lipinski definition) is 3. The van der Waals surface area contributed by atoms with Crippen molar-refractivity contribution in [3.63, 3.8) is 0 Å². The third-order valence-electron chi connectivity index (χ3n) is 1.72. The summed E-state index contributed by atoms with van der Waals surface area (Å²) in [4.78, 5) is 0. The Labute approximate surface area is 78.7 Å². The minimum absolute atomic E-state index is 0.407. The molecule has 0 aromatic carbocycles. The average molecular weight is 164 g/mol. The van der Waals surface area contributed by atoms with Crippen LogP contribution in [0, 0.1) is 0 Å². The Kier molecular flexibility index (Phi) is 0.755. The third kappa shape index (κ3) is 1.55. The Morgan fingerprint density at radius 1 is 1.18 bits per heavy atom. The molecule has 0 atom stereocenters. The fraction of sp³-hybridized carbons (Fsp3) is 1.00. The minimum Gasteiger partial charge on any atom is -0.372 e. The normalized spacial score (nSPS) is 59.6. The first kappa shape index (κ1) is 2.69. The van der Waals surface area contributed by atoms with Crippen molar-refractivity contribution in [2.75, 3.05) is 32.6 Å². The van der Waals surface area contributed by atoms with Gasteiger partial charge in [-0.2, -0.15) is 0 Å². The number of hydrogen-bond donors (Lipinski definition) is 2. The topological polar surface area (TPSA) is 33.3 Å². The molecule has 0 saturated carbocycles. The molecule has 0 amide bonds. The molecule has 2 fully saturated rings. The summed E-state index contributed by atoms with van der Waals surface area (Å²) in [5.74, 6) is 0. The van der Waals surface area contributed by atoms with E-state index in [2.05, 4.69) is 10.6 Å². The number of piperidine rings is 1. The van der Waals surface area contributed by atoms with E-state index in [1.165, 1.54) is 0 Å². The van der Waals surface area contributed by atoms with Gasteiger partial charge in [-0.3, -0.25) is 0 Å². The quantitative estimate of drug-likeness (QED) is 0.517. The third-order valence-corrected chi connectivity index (χ3v) is 1.72. The monoisotopic (exact) mass is 164 g/mol. The van der Waals surface area contributed by atoms with Crippen molar-refractivity contribution in [3.05, 3.63) is 0 Å². The standard InChI is InChI=1S/C8H16N2O/c1-3-9-4-2-8(1)7-10-5-6-11-8/h9-10H,1-7H2/i3D2,4D2,5D2,7D2. The van der Waals surface area contributed by atoms with Gasteiger partial charge in [0.15, 0.2) is 0 Å². The number of morpholine rings is 1. The molecule has 2 N–H and O–H groups in total. The lowest BCUT2D eigenvalue weighted by Crippen LogP contribution is -2.54. The summed E-state index contributed by atoms with van der Waals surface area (Å²) in [6.45, 7) is -9.18. The highest BCUT2D eigenvalue weighted by Crippen LogP contribution is 2.23. The first-order chi connectivity index (χ1) is 8.29. The molecule has 1 spiro atoms. The summed E-state index contributed by atoms with van der Waals surface area (Å²) in [5, 5.41) is 4.31. The van der Waals surface area contributed by atoms with E-state index in [1.807, 2.05) is 0 Å². The summed E-state index contributed by atoms with van der Waals surface area (Å²) < 4.78 is 66.7. The van der Waals surface area contributed by atoms with Crippen LogP contribution in [0.15, 0.2) is 0 Å². The predicted octanol–water partition coefficient (Wildman–Crippen LogP) is -0.272. The van der Waals surface area contributed by atoms with Gasteiger partial charge >= 0.3 is 0 Å². The lowest BCUT2D eigenvalue weighted by Gasteiger charge is -2.40. The lowest BCUT2D eigenvalue weighted by molar-refractivity contribution is -0.0832. The molecule has 2 saturated heterocycles. The van der Waals surface area contributed by atoms with E-state index in [9.17, 15) is 0 Å². The maximum Gasteiger partial charge on any atom is 0.0831 e. The van der Waals surface area contributed by atoms with Gasteiger partial charge in [0.2, 0.25) is 0 Å². The Morgan fingerprint density at radius 3 is 2.73 bits per heavy atom. The molecule has 0 bridgehead atoms. The van der Waals surface area contributed by atoms with Crippen LogP contribution in [-0.4, -0.2) is 38.2 Å². The molecule has 0 aromatic heterocycles. The van der Waals surface area contributed by atoms with Crippen LogP contribution >= 0.6 is 0 Å². The van der Waals surface area contributed by atoms with E-state index in [0.717, 1.165) is 0 Å². The Morgan fingerprint density at radius 2 is 2.00 bits per heavy atom. The molecule has 2 aliphatic rings. The van der Waals surface area contributed by atoms with E-state index >= 15 is 0 Å². The van der Waals surface area contributed by atoms with Crippen LogP contribution in [0.25, 0.3) is 0 Å². The predicted molar refractivity (Wildman–Crippen MR) is 43.7 cm³/mol. The zero-order chi connectivity index (χ0) is 14.7. The van der Waals surface area contributed by atoms with Gasteiger partial charge in [0.25, 0.3) is 0 Å². The van der Waals surface area contributed by atoms with Gasteiger partial charge in [-0.25, -0.2) is 0 Å². The van der Waals surface area contributed by atoms with Crippen molar-refractivity contribution in [1.29, 1.82) is 0 Å².